The molecule has 0 fully saturated rings. The van der Waals surface area contributed by atoms with Gasteiger partial charge in [0.15, 0.2) is 0 Å². The summed E-state index contributed by atoms with van der Waals surface area (Å²) in [5, 5.41) is 3.53. The number of hydrogen-bond donors (Lipinski definition) is 2. The molecule has 6 nitrogen and oxygen atoms in total. The van der Waals surface area contributed by atoms with Gasteiger partial charge in [0.05, 0.1) is 23.5 Å². The fraction of sp³-hybridized carbons (Fsp3) is 0.286. The molecule has 0 spiro atoms. The maximum absolute atomic E-state index is 12.5. The normalized spacial score (nSPS) is 12.3. The van der Waals surface area contributed by atoms with Crippen LogP contribution in [0.15, 0.2) is 53.3 Å². The lowest BCUT2D eigenvalue weighted by atomic mass is 10.1. The third-order valence-corrected chi connectivity index (χ3v) is 4.75. The molecule has 0 unspecified atom stereocenters. The maximum Gasteiger partial charge on any atom is 0.258 e. The molecule has 3 aromatic rings. The SMILES string of the molecule is CCc1ccccc1NC(=O)CN(C)[C@H](C)c1nc2ccccc2c(=O)[nH]1. The average Bonchev–Trinajstić information content (AvgIpc) is 2.67. The van der Waals surface area contributed by atoms with E-state index in [1.54, 1.807) is 6.07 Å². The summed E-state index contributed by atoms with van der Waals surface area (Å²) in [6, 6.07) is 14.8. The van der Waals surface area contributed by atoms with Gasteiger partial charge in [0.2, 0.25) is 5.91 Å². The molecule has 1 heterocycles. The lowest BCUT2D eigenvalue weighted by Crippen LogP contribution is -2.33. The third kappa shape index (κ3) is 4.23. The molecule has 27 heavy (non-hydrogen) atoms. The summed E-state index contributed by atoms with van der Waals surface area (Å²) < 4.78 is 0. The second-order valence-corrected chi connectivity index (χ2v) is 6.62. The lowest BCUT2D eigenvalue weighted by molar-refractivity contribution is -0.117. The van der Waals surface area contributed by atoms with E-state index in [2.05, 4.69) is 22.2 Å². The highest BCUT2D eigenvalue weighted by atomic mass is 16.2. The molecule has 0 aliphatic heterocycles. The van der Waals surface area contributed by atoms with Crippen molar-refractivity contribution in [2.45, 2.75) is 26.3 Å². The van der Waals surface area contributed by atoms with Crippen molar-refractivity contribution in [3.63, 3.8) is 0 Å². The molecule has 140 valence electrons. The number of aromatic nitrogens is 2. The number of aryl methyl sites for hydroxylation is 1. The second kappa shape index (κ2) is 8.14. The highest BCUT2D eigenvalue weighted by Crippen LogP contribution is 2.18. The Balaban J connectivity index is 1.73. The number of anilines is 1. The van der Waals surface area contributed by atoms with Gasteiger partial charge in [0.1, 0.15) is 5.82 Å². The number of aromatic amines is 1. The van der Waals surface area contributed by atoms with Crippen molar-refractivity contribution in [3.05, 3.63) is 70.3 Å². The maximum atomic E-state index is 12.5. The van der Waals surface area contributed by atoms with Crippen LogP contribution in [0.2, 0.25) is 0 Å². The summed E-state index contributed by atoms with van der Waals surface area (Å²) in [5.41, 5.74) is 2.42. The van der Waals surface area contributed by atoms with Gasteiger partial charge in [-0.2, -0.15) is 0 Å². The highest BCUT2D eigenvalue weighted by molar-refractivity contribution is 5.93. The molecule has 1 atom stereocenters. The average molecular weight is 364 g/mol. The van der Waals surface area contributed by atoms with Gasteiger partial charge in [-0.15, -0.1) is 0 Å². The van der Waals surface area contributed by atoms with E-state index >= 15 is 0 Å². The molecule has 1 amide bonds. The van der Waals surface area contributed by atoms with Gasteiger partial charge in [-0.1, -0.05) is 37.3 Å². The van der Waals surface area contributed by atoms with E-state index in [9.17, 15) is 9.59 Å². The van der Waals surface area contributed by atoms with Gasteiger partial charge in [0.25, 0.3) is 5.56 Å². The number of para-hydroxylation sites is 2. The van der Waals surface area contributed by atoms with E-state index in [1.165, 1.54) is 0 Å². The molecule has 0 bridgehead atoms. The molecular weight excluding hydrogens is 340 g/mol. The Morgan fingerprint density at radius 1 is 1.19 bits per heavy atom. The second-order valence-electron chi connectivity index (χ2n) is 6.62. The Kier molecular flexibility index (Phi) is 5.66. The molecular formula is C21H24N4O2. The van der Waals surface area contributed by atoms with Crippen LogP contribution in [-0.4, -0.2) is 34.4 Å². The highest BCUT2D eigenvalue weighted by Gasteiger charge is 2.18. The summed E-state index contributed by atoms with van der Waals surface area (Å²) in [7, 11) is 1.84. The summed E-state index contributed by atoms with van der Waals surface area (Å²) in [5.74, 6) is 0.441. The van der Waals surface area contributed by atoms with Crippen LogP contribution in [0.5, 0.6) is 0 Å². The van der Waals surface area contributed by atoms with Gasteiger partial charge < -0.3 is 10.3 Å². The van der Waals surface area contributed by atoms with Crippen LogP contribution in [-0.2, 0) is 11.2 Å². The first-order valence-corrected chi connectivity index (χ1v) is 9.06. The number of carbonyl (C=O) groups excluding carboxylic acids is 1. The van der Waals surface area contributed by atoms with Crippen LogP contribution in [0.3, 0.4) is 0 Å². The number of H-pyrrole nitrogens is 1. The van der Waals surface area contributed by atoms with Crippen molar-refractivity contribution >= 4 is 22.5 Å². The molecule has 0 aliphatic carbocycles. The summed E-state index contributed by atoms with van der Waals surface area (Å²) >= 11 is 0. The van der Waals surface area contributed by atoms with Gasteiger partial charge in [-0.25, -0.2) is 4.98 Å². The molecule has 0 radical (unpaired) electrons. The van der Waals surface area contributed by atoms with Crippen molar-refractivity contribution in [2.24, 2.45) is 0 Å². The number of hydrogen-bond acceptors (Lipinski definition) is 4. The zero-order chi connectivity index (χ0) is 19.4. The first-order valence-electron chi connectivity index (χ1n) is 9.06. The van der Waals surface area contributed by atoms with Crippen LogP contribution in [0.25, 0.3) is 10.9 Å². The number of fused-ring (bicyclic) bond motifs is 1. The van der Waals surface area contributed by atoms with Crippen molar-refractivity contribution in [3.8, 4) is 0 Å². The number of rotatable bonds is 6. The first-order chi connectivity index (χ1) is 13.0. The van der Waals surface area contributed by atoms with Gasteiger partial charge in [0, 0.05) is 5.69 Å². The molecule has 0 saturated heterocycles. The van der Waals surface area contributed by atoms with Gasteiger partial charge in [-0.3, -0.25) is 14.5 Å². The monoisotopic (exact) mass is 364 g/mol. The Morgan fingerprint density at radius 2 is 1.89 bits per heavy atom. The lowest BCUT2D eigenvalue weighted by Gasteiger charge is -2.23. The summed E-state index contributed by atoms with van der Waals surface area (Å²) in [6.45, 7) is 4.16. The smallest absolute Gasteiger partial charge is 0.258 e. The number of likely N-dealkylation sites (N-methyl/N-ethyl adjacent to an activating group) is 1. The Bertz CT molecular complexity index is 1010. The Labute approximate surface area is 158 Å². The van der Waals surface area contributed by atoms with Gasteiger partial charge >= 0.3 is 0 Å². The Hall–Kier alpha value is -2.99. The third-order valence-electron chi connectivity index (χ3n) is 4.75. The molecule has 2 aromatic carbocycles. The van der Waals surface area contributed by atoms with Crippen molar-refractivity contribution in [2.75, 3.05) is 18.9 Å². The van der Waals surface area contributed by atoms with E-state index in [1.807, 2.05) is 61.3 Å². The van der Waals surface area contributed by atoms with Crippen LogP contribution >= 0.6 is 0 Å². The van der Waals surface area contributed by atoms with E-state index < -0.39 is 0 Å². The van der Waals surface area contributed by atoms with E-state index in [-0.39, 0.29) is 24.1 Å². The Morgan fingerprint density at radius 3 is 2.67 bits per heavy atom. The largest absolute Gasteiger partial charge is 0.325 e. The first kappa shape index (κ1) is 18.8. The van der Waals surface area contributed by atoms with E-state index in [0.717, 1.165) is 17.7 Å². The zero-order valence-electron chi connectivity index (χ0n) is 15.8. The van der Waals surface area contributed by atoms with Crippen molar-refractivity contribution in [1.82, 2.24) is 14.9 Å². The number of carbonyl (C=O) groups is 1. The van der Waals surface area contributed by atoms with Crippen LogP contribution in [0.1, 0.15) is 31.3 Å². The van der Waals surface area contributed by atoms with Gasteiger partial charge in [-0.05, 0) is 44.2 Å². The number of amides is 1. The quantitative estimate of drug-likeness (QED) is 0.704. The standard InChI is InChI=1S/C21H24N4O2/c1-4-15-9-5-7-11-17(15)22-19(26)13-25(3)14(2)20-23-18-12-8-6-10-16(18)21(27)24-20/h5-12,14H,4,13H2,1-3H3,(H,22,26)(H,23,24,27)/t14-/m1/s1. The summed E-state index contributed by atoms with van der Waals surface area (Å²) in [4.78, 5) is 34.0. The molecule has 2 N–H and O–H groups in total. The van der Waals surface area contributed by atoms with Crippen LogP contribution in [0, 0.1) is 0 Å². The molecule has 0 saturated carbocycles. The fourth-order valence-electron chi connectivity index (χ4n) is 3.01. The molecule has 3 rings (SSSR count). The number of nitrogens with zero attached hydrogens (tertiary/aromatic N) is 2. The molecule has 0 aliphatic rings. The molecule has 6 heteroatoms. The minimum atomic E-state index is -0.213. The van der Waals surface area contributed by atoms with E-state index in [4.69, 9.17) is 0 Å². The number of nitrogens with one attached hydrogen (secondary N) is 2. The molecule has 1 aromatic heterocycles. The topological polar surface area (TPSA) is 78.1 Å². The minimum absolute atomic E-state index is 0.103. The van der Waals surface area contributed by atoms with E-state index in [0.29, 0.717) is 16.7 Å². The van der Waals surface area contributed by atoms with Crippen molar-refractivity contribution < 1.29 is 4.79 Å². The number of benzene rings is 2. The fourth-order valence-corrected chi connectivity index (χ4v) is 3.01. The predicted octanol–water partition coefficient (Wildman–Crippen LogP) is 3.12. The van der Waals surface area contributed by atoms with Crippen LogP contribution in [0.4, 0.5) is 5.69 Å². The predicted molar refractivity (Wildman–Crippen MR) is 108 cm³/mol. The minimum Gasteiger partial charge on any atom is -0.325 e. The zero-order valence-corrected chi connectivity index (χ0v) is 15.8. The van der Waals surface area contributed by atoms with Crippen molar-refractivity contribution in [1.29, 1.82) is 0 Å². The summed E-state index contributed by atoms with van der Waals surface area (Å²) in [6.07, 6.45) is 0.852. The van der Waals surface area contributed by atoms with Crippen LogP contribution < -0.4 is 10.9 Å².